The maximum absolute atomic E-state index is 12.6. The summed E-state index contributed by atoms with van der Waals surface area (Å²) in [6.07, 6.45) is 6.87. The van der Waals surface area contributed by atoms with Crippen molar-refractivity contribution in [3.05, 3.63) is 35.7 Å². The fourth-order valence-electron chi connectivity index (χ4n) is 4.59. The Kier molecular flexibility index (Phi) is 6.79. The second-order valence-corrected chi connectivity index (χ2v) is 8.53. The summed E-state index contributed by atoms with van der Waals surface area (Å²) in [5.41, 5.74) is 2.16. The molecule has 162 valence electrons. The van der Waals surface area contributed by atoms with Crippen molar-refractivity contribution < 1.29 is 13.9 Å². The highest BCUT2D eigenvalue weighted by molar-refractivity contribution is 5.76. The van der Waals surface area contributed by atoms with Crippen LogP contribution in [0.5, 0.6) is 0 Å². The molecule has 1 saturated heterocycles. The van der Waals surface area contributed by atoms with E-state index in [-0.39, 0.29) is 11.4 Å². The summed E-state index contributed by atoms with van der Waals surface area (Å²) in [7, 11) is 0. The Morgan fingerprint density at radius 2 is 1.83 bits per heavy atom. The lowest BCUT2D eigenvalue weighted by atomic mass is 9.79. The zero-order valence-corrected chi connectivity index (χ0v) is 17.9. The van der Waals surface area contributed by atoms with Crippen LogP contribution in [-0.2, 0) is 16.0 Å². The lowest BCUT2D eigenvalue weighted by Crippen LogP contribution is -2.59. The van der Waals surface area contributed by atoms with Crippen LogP contribution in [0, 0.1) is 6.92 Å². The number of carbonyl (C=O) groups excluding carboxylic acids is 1. The molecule has 7 heteroatoms. The summed E-state index contributed by atoms with van der Waals surface area (Å²) < 4.78 is 11.3. The van der Waals surface area contributed by atoms with Crippen molar-refractivity contribution in [3.8, 4) is 11.5 Å². The summed E-state index contributed by atoms with van der Waals surface area (Å²) in [4.78, 5) is 15.1. The van der Waals surface area contributed by atoms with Gasteiger partial charge >= 0.3 is 0 Å². The van der Waals surface area contributed by atoms with Crippen LogP contribution in [0.3, 0.4) is 0 Å². The van der Waals surface area contributed by atoms with E-state index >= 15 is 0 Å². The van der Waals surface area contributed by atoms with Gasteiger partial charge in [0.25, 0.3) is 0 Å². The van der Waals surface area contributed by atoms with Gasteiger partial charge in [0.05, 0.1) is 13.2 Å². The van der Waals surface area contributed by atoms with Gasteiger partial charge in [-0.05, 0) is 31.9 Å². The molecule has 2 aliphatic rings. The smallest absolute Gasteiger partial charge is 0.247 e. The molecule has 1 aromatic carbocycles. The summed E-state index contributed by atoms with van der Waals surface area (Å²) in [6, 6.07) is 7.97. The number of amides is 1. The number of carbonyl (C=O) groups is 1. The first kappa shape index (κ1) is 21.0. The molecule has 30 heavy (non-hydrogen) atoms. The molecule has 1 aromatic heterocycles. The fourth-order valence-corrected chi connectivity index (χ4v) is 4.59. The Labute approximate surface area is 178 Å². The predicted octanol–water partition coefficient (Wildman–Crippen LogP) is 3.13. The van der Waals surface area contributed by atoms with Gasteiger partial charge in [-0.15, -0.1) is 10.2 Å². The largest absolute Gasteiger partial charge is 0.421 e. The quantitative estimate of drug-likeness (QED) is 0.753. The van der Waals surface area contributed by atoms with Crippen LogP contribution in [0.15, 0.2) is 28.7 Å². The number of nitrogens with one attached hydrogen (secondary N) is 1. The van der Waals surface area contributed by atoms with Crippen LogP contribution in [0.25, 0.3) is 11.5 Å². The van der Waals surface area contributed by atoms with E-state index < -0.39 is 0 Å². The van der Waals surface area contributed by atoms with Crippen molar-refractivity contribution in [3.63, 3.8) is 0 Å². The molecule has 0 unspecified atom stereocenters. The van der Waals surface area contributed by atoms with Crippen LogP contribution in [0.1, 0.15) is 50.0 Å². The van der Waals surface area contributed by atoms with E-state index in [1.54, 1.807) is 0 Å². The molecule has 1 amide bonds. The van der Waals surface area contributed by atoms with Gasteiger partial charge in [-0.25, -0.2) is 0 Å². The molecule has 1 N–H and O–H groups in total. The van der Waals surface area contributed by atoms with E-state index in [2.05, 4.69) is 20.4 Å². The molecule has 2 fully saturated rings. The first-order chi connectivity index (χ1) is 14.6. The number of nitrogens with zero attached hydrogens (tertiary/aromatic N) is 3. The van der Waals surface area contributed by atoms with Gasteiger partial charge < -0.3 is 14.5 Å². The Balaban J connectivity index is 1.29. The van der Waals surface area contributed by atoms with E-state index in [1.165, 1.54) is 24.8 Å². The average Bonchev–Trinajstić information content (AvgIpc) is 3.27. The molecule has 1 aliphatic heterocycles. The third kappa shape index (κ3) is 5.08. The van der Waals surface area contributed by atoms with E-state index in [0.29, 0.717) is 31.2 Å². The standard InChI is InChI=1S/C23H32N4O3/c1-18-5-7-19(8-6-18)22-26-25-21(30-22)10-9-20(28)24-17-23(11-3-2-4-12-23)27-13-15-29-16-14-27/h5-8H,2-4,9-17H2,1H3,(H,24,28). The number of morpholine rings is 1. The average molecular weight is 413 g/mol. The molecule has 4 rings (SSSR count). The first-order valence-electron chi connectivity index (χ1n) is 11.1. The summed E-state index contributed by atoms with van der Waals surface area (Å²) in [6.45, 7) is 6.24. The Morgan fingerprint density at radius 3 is 2.57 bits per heavy atom. The molecule has 0 spiro atoms. The maximum atomic E-state index is 12.6. The number of hydrogen-bond donors (Lipinski definition) is 1. The molecule has 1 aliphatic carbocycles. The second-order valence-electron chi connectivity index (χ2n) is 8.53. The van der Waals surface area contributed by atoms with Gasteiger partial charge in [0.15, 0.2) is 0 Å². The summed E-state index contributed by atoms with van der Waals surface area (Å²) in [5.74, 6) is 1.04. The highest BCUT2D eigenvalue weighted by atomic mass is 16.5. The predicted molar refractivity (Wildman–Crippen MR) is 114 cm³/mol. The molecule has 0 bridgehead atoms. The number of ether oxygens (including phenoxy) is 1. The number of benzene rings is 1. The SMILES string of the molecule is Cc1ccc(-c2nnc(CCC(=O)NCC3(N4CCOCC4)CCCCC3)o2)cc1. The summed E-state index contributed by atoms with van der Waals surface area (Å²) >= 11 is 0. The van der Waals surface area contributed by atoms with Crippen molar-refractivity contribution in [2.24, 2.45) is 0 Å². The van der Waals surface area contributed by atoms with E-state index in [0.717, 1.165) is 44.7 Å². The maximum Gasteiger partial charge on any atom is 0.247 e. The minimum absolute atomic E-state index is 0.0447. The third-order valence-electron chi connectivity index (χ3n) is 6.41. The van der Waals surface area contributed by atoms with Crippen molar-refractivity contribution >= 4 is 5.91 Å². The van der Waals surface area contributed by atoms with Crippen LogP contribution in [0.2, 0.25) is 0 Å². The number of aromatic nitrogens is 2. The van der Waals surface area contributed by atoms with E-state index in [9.17, 15) is 4.79 Å². The Hall–Kier alpha value is -2.25. The molecule has 0 radical (unpaired) electrons. The highest BCUT2D eigenvalue weighted by Crippen LogP contribution is 2.34. The van der Waals surface area contributed by atoms with Gasteiger partial charge in [0, 0.05) is 43.6 Å². The van der Waals surface area contributed by atoms with Crippen LogP contribution >= 0.6 is 0 Å². The van der Waals surface area contributed by atoms with Crippen molar-refractivity contribution in [1.82, 2.24) is 20.4 Å². The third-order valence-corrected chi connectivity index (χ3v) is 6.41. The molecule has 7 nitrogen and oxygen atoms in total. The lowest BCUT2D eigenvalue weighted by molar-refractivity contribution is -0.122. The van der Waals surface area contributed by atoms with Crippen molar-refractivity contribution in [2.75, 3.05) is 32.8 Å². The van der Waals surface area contributed by atoms with Crippen LogP contribution < -0.4 is 5.32 Å². The second kappa shape index (κ2) is 9.71. The topological polar surface area (TPSA) is 80.5 Å². The van der Waals surface area contributed by atoms with Crippen LogP contribution in [0.4, 0.5) is 0 Å². The lowest BCUT2D eigenvalue weighted by Gasteiger charge is -2.48. The van der Waals surface area contributed by atoms with Crippen molar-refractivity contribution in [1.29, 1.82) is 0 Å². The molecule has 2 aromatic rings. The Morgan fingerprint density at radius 1 is 1.10 bits per heavy atom. The van der Waals surface area contributed by atoms with Gasteiger partial charge in [-0.2, -0.15) is 0 Å². The molecule has 0 atom stereocenters. The molecule has 1 saturated carbocycles. The minimum Gasteiger partial charge on any atom is -0.421 e. The van der Waals surface area contributed by atoms with Gasteiger partial charge in [-0.3, -0.25) is 9.69 Å². The molecular formula is C23H32N4O3. The van der Waals surface area contributed by atoms with Gasteiger partial charge in [0.2, 0.25) is 17.7 Å². The molecule has 2 heterocycles. The van der Waals surface area contributed by atoms with Crippen molar-refractivity contribution in [2.45, 2.75) is 57.4 Å². The molecular weight excluding hydrogens is 380 g/mol. The van der Waals surface area contributed by atoms with Gasteiger partial charge in [-0.1, -0.05) is 37.0 Å². The number of aryl methyl sites for hydroxylation is 2. The zero-order chi connectivity index (χ0) is 20.8. The zero-order valence-electron chi connectivity index (χ0n) is 17.9. The number of hydrogen-bond acceptors (Lipinski definition) is 6. The minimum atomic E-state index is 0.0447. The number of rotatable bonds is 7. The monoisotopic (exact) mass is 412 g/mol. The van der Waals surface area contributed by atoms with Gasteiger partial charge in [0.1, 0.15) is 0 Å². The Bertz CT molecular complexity index is 821. The van der Waals surface area contributed by atoms with E-state index in [4.69, 9.17) is 9.15 Å². The normalized spacial score (nSPS) is 19.5. The fraction of sp³-hybridized carbons (Fsp3) is 0.609. The van der Waals surface area contributed by atoms with Crippen LogP contribution in [-0.4, -0.2) is 59.4 Å². The highest BCUT2D eigenvalue weighted by Gasteiger charge is 2.38. The first-order valence-corrected chi connectivity index (χ1v) is 11.1. The summed E-state index contributed by atoms with van der Waals surface area (Å²) in [5, 5.41) is 11.4. The van der Waals surface area contributed by atoms with E-state index in [1.807, 2.05) is 31.2 Å².